The maximum absolute atomic E-state index is 12.3. The molecule has 1 aliphatic rings. The van der Waals surface area contributed by atoms with Crippen LogP contribution in [0, 0.1) is 0 Å². The van der Waals surface area contributed by atoms with E-state index in [-0.39, 0.29) is 5.91 Å². The highest BCUT2D eigenvalue weighted by Gasteiger charge is 2.27. The summed E-state index contributed by atoms with van der Waals surface area (Å²) in [6.45, 7) is 4.19. The van der Waals surface area contributed by atoms with Crippen LogP contribution in [-0.2, 0) is 16.0 Å². The molecule has 1 saturated heterocycles. The van der Waals surface area contributed by atoms with E-state index < -0.39 is 0 Å². The van der Waals surface area contributed by atoms with Crippen LogP contribution in [0.5, 0.6) is 0 Å². The number of carbonyl (C=O) groups excluding carboxylic acids is 1. The van der Waals surface area contributed by atoms with Crippen molar-refractivity contribution in [2.45, 2.75) is 12.5 Å². The number of rotatable bonds is 6. The van der Waals surface area contributed by atoms with E-state index in [1.54, 1.807) is 11.3 Å². The third-order valence-corrected chi connectivity index (χ3v) is 5.53. The lowest BCUT2D eigenvalue weighted by Gasteiger charge is -2.31. The first-order chi connectivity index (χ1) is 11.7. The summed E-state index contributed by atoms with van der Waals surface area (Å²) in [6.07, 6.45) is 0.382. The molecule has 2 aromatic rings. The van der Waals surface area contributed by atoms with Crippen LogP contribution in [0.4, 0.5) is 0 Å². The van der Waals surface area contributed by atoms with E-state index in [1.165, 1.54) is 9.78 Å². The summed E-state index contributed by atoms with van der Waals surface area (Å²) in [5.74, 6) is 0.0477. The fourth-order valence-electron chi connectivity index (χ4n) is 2.98. The van der Waals surface area contributed by atoms with E-state index in [4.69, 9.17) is 16.3 Å². The van der Waals surface area contributed by atoms with Crippen LogP contribution in [0.15, 0.2) is 41.8 Å². The smallest absolute Gasteiger partial charge is 0.224 e. The first-order valence-electron chi connectivity index (χ1n) is 8.19. The van der Waals surface area contributed by atoms with Gasteiger partial charge in [0, 0.05) is 5.02 Å². The fraction of sp³-hybridized carbons (Fsp3) is 0.389. The van der Waals surface area contributed by atoms with Crippen LogP contribution in [0.25, 0.3) is 0 Å². The molecule has 1 atom stereocenters. The Morgan fingerprint density at radius 3 is 2.67 bits per heavy atom. The van der Waals surface area contributed by atoms with Crippen molar-refractivity contribution in [1.29, 1.82) is 0 Å². The zero-order chi connectivity index (χ0) is 16.8. The average Bonchev–Trinajstić information content (AvgIpc) is 3.12. The fourth-order valence-corrected chi connectivity index (χ4v) is 4.00. The van der Waals surface area contributed by atoms with Crippen LogP contribution in [0.1, 0.15) is 16.5 Å². The Morgan fingerprint density at radius 2 is 2.00 bits per heavy atom. The van der Waals surface area contributed by atoms with E-state index in [2.05, 4.69) is 22.8 Å². The summed E-state index contributed by atoms with van der Waals surface area (Å²) in [7, 11) is 0. The molecule has 6 heteroatoms. The predicted molar refractivity (Wildman–Crippen MR) is 96.7 cm³/mol. The van der Waals surface area contributed by atoms with Gasteiger partial charge in [0.05, 0.1) is 31.1 Å². The summed E-state index contributed by atoms with van der Waals surface area (Å²) in [5, 5.41) is 5.89. The molecule has 0 radical (unpaired) electrons. The Labute approximate surface area is 151 Å². The molecule has 4 nitrogen and oxygen atoms in total. The SMILES string of the molecule is O=C(Cc1ccc(Cl)cc1)NC[C@@H](c1cccs1)[NH+]1CCOCC1. The van der Waals surface area contributed by atoms with Crippen LogP contribution in [-0.4, -0.2) is 38.8 Å². The molecule has 1 aliphatic heterocycles. The van der Waals surface area contributed by atoms with Crippen molar-refractivity contribution in [2.24, 2.45) is 0 Å². The largest absolute Gasteiger partial charge is 0.370 e. The molecule has 2 heterocycles. The van der Waals surface area contributed by atoms with Crippen molar-refractivity contribution in [2.75, 3.05) is 32.8 Å². The molecule has 2 N–H and O–H groups in total. The lowest BCUT2D eigenvalue weighted by atomic mass is 10.1. The van der Waals surface area contributed by atoms with Gasteiger partial charge in [-0.05, 0) is 29.1 Å². The van der Waals surface area contributed by atoms with Crippen molar-refractivity contribution in [3.05, 3.63) is 57.2 Å². The molecule has 1 aromatic carbocycles. The Kier molecular flexibility index (Phi) is 6.26. The number of nitrogens with one attached hydrogen (secondary N) is 2. The highest BCUT2D eigenvalue weighted by atomic mass is 35.5. The van der Waals surface area contributed by atoms with Gasteiger partial charge in [-0.15, -0.1) is 11.3 Å². The van der Waals surface area contributed by atoms with Gasteiger partial charge in [0.2, 0.25) is 5.91 Å². The number of morpholine rings is 1. The summed E-state index contributed by atoms with van der Waals surface area (Å²) in [6, 6.07) is 11.9. The van der Waals surface area contributed by atoms with Gasteiger partial charge in [-0.3, -0.25) is 4.79 Å². The van der Waals surface area contributed by atoms with Gasteiger partial charge in [-0.25, -0.2) is 0 Å². The van der Waals surface area contributed by atoms with Gasteiger partial charge in [0.25, 0.3) is 0 Å². The van der Waals surface area contributed by atoms with Crippen molar-refractivity contribution in [1.82, 2.24) is 5.32 Å². The van der Waals surface area contributed by atoms with Gasteiger partial charge in [-0.1, -0.05) is 29.8 Å². The van der Waals surface area contributed by atoms with Gasteiger partial charge in [0.15, 0.2) is 0 Å². The van der Waals surface area contributed by atoms with Gasteiger partial charge < -0.3 is 15.0 Å². The zero-order valence-electron chi connectivity index (χ0n) is 13.5. The number of quaternary nitrogens is 1. The summed E-state index contributed by atoms with van der Waals surface area (Å²) < 4.78 is 5.47. The normalized spacial score (nSPS) is 16.7. The average molecular weight is 366 g/mol. The van der Waals surface area contributed by atoms with E-state index in [0.29, 0.717) is 24.0 Å². The number of thiophene rings is 1. The molecule has 24 heavy (non-hydrogen) atoms. The standard InChI is InChI=1S/C18H21ClN2O2S/c19-15-5-3-14(4-6-15)12-18(22)20-13-16(17-2-1-11-24-17)21-7-9-23-10-8-21/h1-6,11,16H,7-10,12-13H2,(H,20,22)/p+1/t16-/m0/s1. The molecule has 3 rings (SSSR count). The number of hydrogen-bond acceptors (Lipinski definition) is 3. The lowest BCUT2D eigenvalue weighted by Crippen LogP contribution is -3.15. The number of ether oxygens (including phenoxy) is 1. The number of halogens is 1. The van der Waals surface area contributed by atoms with E-state index >= 15 is 0 Å². The maximum Gasteiger partial charge on any atom is 0.224 e. The van der Waals surface area contributed by atoms with Crippen molar-refractivity contribution < 1.29 is 14.4 Å². The van der Waals surface area contributed by atoms with Crippen molar-refractivity contribution >= 4 is 28.8 Å². The monoisotopic (exact) mass is 365 g/mol. The molecule has 0 aliphatic carbocycles. The quantitative estimate of drug-likeness (QED) is 0.818. The second kappa shape index (κ2) is 8.62. The minimum Gasteiger partial charge on any atom is -0.370 e. The molecule has 1 amide bonds. The maximum atomic E-state index is 12.3. The highest BCUT2D eigenvalue weighted by molar-refractivity contribution is 7.10. The number of benzene rings is 1. The van der Waals surface area contributed by atoms with E-state index in [1.807, 2.05) is 24.3 Å². The molecule has 128 valence electrons. The number of amides is 1. The molecular formula is C18H22ClN2O2S+. The summed E-state index contributed by atoms with van der Waals surface area (Å²) in [4.78, 5) is 15.1. The van der Waals surface area contributed by atoms with E-state index in [9.17, 15) is 4.79 Å². The summed E-state index contributed by atoms with van der Waals surface area (Å²) in [5.41, 5.74) is 0.975. The molecule has 0 spiro atoms. The molecule has 0 saturated carbocycles. The Balaban J connectivity index is 1.58. The Morgan fingerprint density at radius 1 is 1.25 bits per heavy atom. The molecule has 1 fully saturated rings. The molecule has 0 bridgehead atoms. The van der Waals surface area contributed by atoms with Gasteiger partial charge >= 0.3 is 0 Å². The zero-order valence-corrected chi connectivity index (χ0v) is 15.0. The second-order valence-corrected chi connectivity index (χ2v) is 7.36. The second-order valence-electron chi connectivity index (χ2n) is 5.95. The molecule has 0 unspecified atom stereocenters. The molecule has 1 aromatic heterocycles. The number of carbonyl (C=O) groups is 1. The Hall–Kier alpha value is -1.40. The summed E-state index contributed by atoms with van der Waals surface area (Å²) >= 11 is 7.64. The minimum atomic E-state index is 0.0477. The first kappa shape index (κ1) is 17.4. The van der Waals surface area contributed by atoms with Crippen LogP contribution >= 0.6 is 22.9 Å². The topological polar surface area (TPSA) is 42.8 Å². The van der Waals surface area contributed by atoms with Crippen molar-refractivity contribution in [3.63, 3.8) is 0 Å². The predicted octanol–water partition coefficient (Wildman–Crippen LogP) is 1.72. The third kappa shape index (κ3) is 4.80. The van der Waals surface area contributed by atoms with Gasteiger partial charge in [0.1, 0.15) is 19.1 Å². The van der Waals surface area contributed by atoms with E-state index in [0.717, 1.165) is 31.9 Å². The van der Waals surface area contributed by atoms with Gasteiger partial charge in [-0.2, -0.15) is 0 Å². The number of hydrogen-bond donors (Lipinski definition) is 2. The highest BCUT2D eigenvalue weighted by Crippen LogP contribution is 2.16. The van der Waals surface area contributed by atoms with Crippen LogP contribution in [0.3, 0.4) is 0 Å². The molecular weight excluding hydrogens is 344 g/mol. The van der Waals surface area contributed by atoms with Crippen molar-refractivity contribution in [3.8, 4) is 0 Å². The first-order valence-corrected chi connectivity index (χ1v) is 9.45. The Bertz CT molecular complexity index is 640. The van der Waals surface area contributed by atoms with Crippen LogP contribution in [0.2, 0.25) is 5.02 Å². The lowest BCUT2D eigenvalue weighted by molar-refractivity contribution is -0.937. The minimum absolute atomic E-state index is 0.0477. The van der Waals surface area contributed by atoms with Crippen LogP contribution < -0.4 is 10.2 Å². The third-order valence-electron chi connectivity index (χ3n) is 4.30.